The summed E-state index contributed by atoms with van der Waals surface area (Å²) in [5, 5.41) is 3.34. The van der Waals surface area contributed by atoms with E-state index in [0.29, 0.717) is 18.4 Å². The van der Waals surface area contributed by atoms with Crippen LogP contribution in [0.25, 0.3) is 0 Å². The van der Waals surface area contributed by atoms with E-state index in [0.717, 1.165) is 19.2 Å². The molecule has 0 bridgehead atoms. The Kier molecular flexibility index (Phi) is 2.93. The highest BCUT2D eigenvalue weighted by molar-refractivity contribution is 5.39. The monoisotopic (exact) mass is 286 g/mol. The van der Waals surface area contributed by atoms with Gasteiger partial charge >= 0.3 is 6.18 Å². The van der Waals surface area contributed by atoms with E-state index in [-0.39, 0.29) is 11.5 Å². The Hall–Kier alpha value is -1.37. The van der Waals surface area contributed by atoms with Crippen LogP contribution in [0.4, 0.5) is 19.1 Å². The molecular weight excluding hydrogens is 269 g/mol. The fourth-order valence-corrected chi connectivity index (χ4v) is 3.40. The fraction of sp³-hybridized carbons (Fsp3) is 0.692. The summed E-state index contributed by atoms with van der Waals surface area (Å²) in [6.45, 7) is 6.60. The van der Waals surface area contributed by atoms with Crippen LogP contribution in [-0.2, 0) is 6.18 Å². The molecule has 0 aliphatic carbocycles. The summed E-state index contributed by atoms with van der Waals surface area (Å²) in [5.74, 6) is 1.04. The van der Waals surface area contributed by atoms with Gasteiger partial charge in [-0.25, -0.2) is 9.97 Å². The number of hydrogen-bond acceptors (Lipinski definition) is 4. The van der Waals surface area contributed by atoms with Crippen LogP contribution in [-0.4, -0.2) is 35.1 Å². The standard InChI is InChI=1S/C13H17F3N4/c1-12(2)9-6-17-5-8(9)7-20(12)11-18-4-3-10(19-11)13(14,15)16/h3-4,8-9,17H,5-7H2,1-2H3. The Labute approximate surface area is 115 Å². The average Bonchev–Trinajstić information content (AvgIpc) is 2.91. The molecule has 0 spiro atoms. The largest absolute Gasteiger partial charge is 0.433 e. The maximum absolute atomic E-state index is 12.8. The minimum absolute atomic E-state index is 0.180. The number of nitrogens with one attached hydrogen (secondary N) is 1. The van der Waals surface area contributed by atoms with Gasteiger partial charge in [-0.2, -0.15) is 13.2 Å². The second-order valence-electron chi connectivity index (χ2n) is 6.03. The molecule has 2 atom stereocenters. The lowest BCUT2D eigenvalue weighted by Crippen LogP contribution is -2.45. The maximum Gasteiger partial charge on any atom is 0.433 e. The molecule has 1 aromatic rings. The molecule has 3 rings (SSSR count). The molecule has 2 aliphatic rings. The van der Waals surface area contributed by atoms with Gasteiger partial charge < -0.3 is 10.2 Å². The van der Waals surface area contributed by atoms with Crippen LogP contribution < -0.4 is 10.2 Å². The second-order valence-corrected chi connectivity index (χ2v) is 6.03. The van der Waals surface area contributed by atoms with E-state index in [9.17, 15) is 13.2 Å². The molecule has 1 aromatic heterocycles. The van der Waals surface area contributed by atoms with Crippen molar-refractivity contribution in [3.63, 3.8) is 0 Å². The van der Waals surface area contributed by atoms with Crippen LogP contribution in [0.5, 0.6) is 0 Å². The highest BCUT2D eigenvalue weighted by Crippen LogP contribution is 2.42. The molecule has 2 fully saturated rings. The molecule has 3 heterocycles. The van der Waals surface area contributed by atoms with Gasteiger partial charge in [-0.05, 0) is 31.7 Å². The minimum atomic E-state index is -4.43. The lowest BCUT2D eigenvalue weighted by molar-refractivity contribution is -0.141. The van der Waals surface area contributed by atoms with Gasteiger partial charge in [0, 0.05) is 31.4 Å². The molecular formula is C13H17F3N4. The zero-order valence-corrected chi connectivity index (χ0v) is 11.4. The van der Waals surface area contributed by atoms with E-state index in [1.165, 1.54) is 6.20 Å². The summed E-state index contributed by atoms with van der Waals surface area (Å²) < 4.78 is 38.3. The average molecular weight is 286 g/mol. The van der Waals surface area contributed by atoms with E-state index in [2.05, 4.69) is 15.3 Å². The van der Waals surface area contributed by atoms with Gasteiger partial charge in [-0.15, -0.1) is 0 Å². The lowest BCUT2D eigenvalue weighted by atomic mass is 9.85. The van der Waals surface area contributed by atoms with Gasteiger partial charge in [-0.1, -0.05) is 0 Å². The summed E-state index contributed by atoms with van der Waals surface area (Å²) in [6.07, 6.45) is -3.24. The van der Waals surface area contributed by atoms with Crippen molar-refractivity contribution in [2.45, 2.75) is 25.6 Å². The van der Waals surface area contributed by atoms with Crippen molar-refractivity contribution in [1.29, 1.82) is 0 Å². The first kappa shape index (κ1) is 13.6. The van der Waals surface area contributed by atoms with Crippen LogP contribution in [0.15, 0.2) is 12.3 Å². The van der Waals surface area contributed by atoms with Gasteiger partial charge in [0.05, 0.1) is 0 Å². The highest BCUT2D eigenvalue weighted by atomic mass is 19.4. The number of fused-ring (bicyclic) bond motifs is 1. The SMILES string of the molecule is CC1(C)C2CNCC2CN1c1nccc(C(F)(F)F)n1. The van der Waals surface area contributed by atoms with Crippen LogP contribution in [0.1, 0.15) is 19.5 Å². The topological polar surface area (TPSA) is 41.0 Å². The van der Waals surface area contributed by atoms with Crippen LogP contribution >= 0.6 is 0 Å². The molecule has 0 radical (unpaired) electrons. The number of hydrogen-bond donors (Lipinski definition) is 1. The third-order valence-corrected chi connectivity index (χ3v) is 4.53. The Morgan fingerprint density at radius 1 is 1.35 bits per heavy atom. The Balaban J connectivity index is 1.94. The highest BCUT2D eigenvalue weighted by Gasteiger charge is 2.50. The summed E-state index contributed by atoms with van der Waals surface area (Å²) in [6, 6.07) is 0.912. The molecule has 110 valence electrons. The maximum atomic E-state index is 12.8. The van der Waals surface area contributed by atoms with Crippen LogP contribution in [0, 0.1) is 11.8 Å². The predicted octanol–water partition coefficient (Wildman–Crippen LogP) is 1.93. The number of anilines is 1. The summed E-state index contributed by atoms with van der Waals surface area (Å²) in [4.78, 5) is 9.69. The van der Waals surface area contributed by atoms with Gasteiger partial charge in [0.25, 0.3) is 0 Å². The van der Waals surface area contributed by atoms with Crippen molar-refractivity contribution in [1.82, 2.24) is 15.3 Å². The van der Waals surface area contributed by atoms with Gasteiger partial charge in [0.1, 0.15) is 5.69 Å². The molecule has 7 heteroatoms. The molecule has 2 unspecified atom stereocenters. The number of aromatic nitrogens is 2. The van der Waals surface area contributed by atoms with Crippen molar-refractivity contribution in [3.05, 3.63) is 18.0 Å². The molecule has 4 nitrogen and oxygen atoms in total. The first-order chi connectivity index (χ1) is 9.30. The van der Waals surface area contributed by atoms with Crippen molar-refractivity contribution in [3.8, 4) is 0 Å². The Morgan fingerprint density at radius 2 is 2.10 bits per heavy atom. The van der Waals surface area contributed by atoms with E-state index >= 15 is 0 Å². The number of nitrogens with zero attached hydrogens (tertiary/aromatic N) is 3. The van der Waals surface area contributed by atoms with Crippen molar-refractivity contribution < 1.29 is 13.2 Å². The Bertz CT molecular complexity index is 515. The van der Waals surface area contributed by atoms with E-state index in [4.69, 9.17) is 0 Å². The van der Waals surface area contributed by atoms with Crippen molar-refractivity contribution in [2.75, 3.05) is 24.5 Å². The molecule has 20 heavy (non-hydrogen) atoms. The van der Waals surface area contributed by atoms with Gasteiger partial charge in [0.15, 0.2) is 0 Å². The molecule has 0 saturated carbocycles. The third-order valence-electron chi connectivity index (χ3n) is 4.53. The first-order valence-corrected chi connectivity index (χ1v) is 6.69. The smallest absolute Gasteiger partial charge is 0.335 e. The zero-order chi connectivity index (χ0) is 14.5. The third kappa shape index (κ3) is 2.04. The van der Waals surface area contributed by atoms with E-state index in [1.54, 1.807) is 0 Å². The molecule has 0 aromatic carbocycles. The fourth-order valence-electron chi connectivity index (χ4n) is 3.40. The summed E-state index contributed by atoms with van der Waals surface area (Å²) in [7, 11) is 0. The Morgan fingerprint density at radius 3 is 2.75 bits per heavy atom. The predicted molar refractivity (Wildman–Crippen MR) is 68.3 cm³/mol. The van der Waals surface area contributed by atoms with Crippen LogP contribution in [0.3, 0.4) is 0 Å². The molecule has 0 amide bonds. The quantitative estimate of drug-likeness (QED) is 0.856. The van der Waals surface area contributed by atoms with Gasteiger partial charge in [0.2, 0.25) is 5.95 Å². The molecule has 2 saturated heterocycles. The first-order valence-electron chi connectivity index (χ1n) is 6.69. The molecule has 1 N–H and O–H groups in total. The van der Waals surface area contributed by atoms with Gasteiger partial charge in [-0.3, -0.25) is 0 Å². The zero-order valence-electron chi connectivity index (χ0n) is 11.4. The van der Waals surface area contributed by atoms with Crippen LogP contribution in [0.2, 0.25) is 0 Å². The number of halogens is 3. The normalized spacial score (nSPS) is 28.8. The summed E-state index contributed by atoms with van der Waals surface area (Å²) in [5.41, 5.74) is -1.12. The minimum Gasteiger partial charge on any atom is -0.335 e. The second kappa shape index (κ2) is 4.31. The number of rotatable bonds is 1. The lowest BCUT2D eigenvalue weighted by Gasteiger charge is -2.35. The molecule has 2 aliphatic heterocycles. The van der Waals surface area contributed by atoms with E-state index in [1.807, 2.05) is 18.7 Å². The summed E-state index contributed by atoms with van der Waals surface area (Å²) >= 11 is 0. The van der Waals surface area contributed by atoms with Crippen molar-refractivity contribution in [2.24, 2.45) is 11.8 Å². The van der Waals surface area contributed by atoms with E-state index < -0.39 is 11.9 Å². The van der Waals surface area contributed by atoms with Crippen molar-refractivity contribution >= 4 is 5.95 Å². The number of alkyl halides is 3.